The van der Waals surface area contributed by atoms with Gasteiger partial charge in [0.05, 0.1) is 7.11 Å². The highest BCUT2D eigenvalue weighted by Gasteiger charge is 2.08. The van der Waals surface area contributed by atoms with E-state index < -0.39 is 0 Å². The third-order valence-electron chi connectivity index (χ3n) is 5.64. The van der Waals surface area contributed by atoms with Crippen molar-refractivity contribution in [2.24, 2.45) is 0 Å². The Labute approximate surface area is 193 Å². The molecule has 0 unspecified atom stereocenters. The number of ether oxygens (including phenoxy) is 1. The summed E-state index contributed by atoms with van der Waals surface area (Å²) in [6.07, 6.45) is 14.8. The van der Waals surface area contributed by atoms with Gasteiger partial charge in [-0.15, -0.1) is 0 Å². The molecule has 1 heterocycles. The highest BCUT2D eigenvalue weighted by atomic mass is 16.5. The lowest BCUT2D eigenvalue weighted by Gasteiger charge is -2.13. The van der Waals surface area contributed by atoms with E-state index in [2.05, 4.69) is 49.3 Å². The van der Waals surface area contributed by atoms with Crippen LogP contribution in [0.5, 0.6) is 5.75 Å². The number of carbonyl (C=O) groups is 1. The number of hydrogen-bond acceptors (Lipinski definition) is 3. The summed E-state index contributed by atoms with van der Waals surface area (Å²) in [7, 11) is 1.68. The Balaban J connectivity index is 1.94. The zero-order valence-electron chi connectivity index (χ0n) is 20.1. The fourth-order valence-corrected chi connectivity index (χ4v) is 3.74. The number of benzene rings is 1. The zero-order chi connectivity index (χ0) is 23.2. The summed E-state index contributed by atoms with van der Waals surface area (Å²) >= 11 is 0. The van der Waals surface area contributed by atoms with E-state index in [0.29, 0.717) is 0 Å². The molecule has 2 aromatic rings. The zero-order valence-corrected chi connectivity index (χ0v) is 20.1. The molecule has 0 radical (unpaired) electrons. The van der Waals surface area contributed by atoms with Crippen molar-refractivity contribution < 1.29 is 9.53 Å². The summed E-state index contributed by atoms with van der Waals surface area (Å²) in [6.45, 7) is 6.36. The lowest BCUT2D eigenvalue weighted by Crippen LogP contribution is -2.31. The number of aryl methyl sites for hydroxylation is 1. The van der Waals surface area contributed by atoms with E-state index in [0.717, 1.165) is 43.4 Å². The average Bonchev–Trinajstić information content (AvgIpc) is 2.81. The van der Waals surface area contributed by atoms with Gasteiger partial charge < -0.3 is 10.1 Å². The maximum atomic E-state index is 12.4. The number of carbonyl (C=O) groups excluding carboxylic acids is 1. The van der Waals surface area contributed by atoms with E-state index in [4.69, 9.17) is 4.74 Å². The van der Waals surface area contributed by atoms with Crippen LogP contribution in [0, 0.1) is 0 Å². The highest BCUT2D eigenvalue weighted by molar-refractivity contribution is 5.88. The second-order valence-corrected chi connectivity index (χ2v) is 8.34. The first kappa shape index (κ1) is 25.4. The molecule has 1 amide bonds. The maximum Gasteiger partial charge on any atom is 0.244 e. The molecular formula is C28H38N2O2. The van der Waals surface area contributed by atoms with Crippen molar-refractivity contribution in [3.8, 4) is 5.75 Å². The summed E-state index contributed by atoms with van der Waals surface area (Å²) in [5, 5.41) is 3.09. The van der Waals surface area contributed by atoms with Crippen molar-refractivity contribution in [3.05, 3.63) is 77.6 Å². The fraction of sp³-hybridized carbons (Fsp3) is 0.429. The molecular weight excluding hydrogens is 396 g/mol. The number of rotatable bonds is 13. The van der Waals surface area contributed by atoms with Gasteiger partial charge in [0.25, 0.3) is 0 Å². The minimum Gasteiger partial charge on any atom is -0.497 e. The third kappa shape index (κ3) is 9.09. The molecule has 0 aliphatic heterocycles. The standard InChI is InChI=1S/C28H38N2O2/c1-5-6-7-13-27(25-15-17-26(32-4)18-16-25)22(2)14-19-28(31)30-23(3)10-8-11-24-12-9-20-29-21-24/h9,12,14-21,23H,5-8,10-11,13H2,1-4H3,(H,30,31)/t23-/m1/s1. The molecule has 1 atom stereocenters. The van der Waals surface area contributed by atoms with E-state index in [9.17, 15) is 4.79 Å². The lowest BCUT2D eigenvalue weighted by atomic mass is 9.95. The van der Waals surface area contributed by atoms with Gasteiger partial charge in [-0.25, -0.2) is 0 Å². The molecule has 4 nitrogen and oxygen atoms in total. The van der Waals surface area contributed by atoms with Crippen molar-refractivity contribution in [1.82, 2.24) is 10.3 Å². The van der Waals surface area contributed by atoms with Gasteiger partial charge in [0.2, 0.25) is 5.91 Å². The molecule has 0 saturated carbocycles. The molecule has 0 aliphatic rings. The summed E-state index contributed by atoms with van der Waals surface area (Å²) in [5.41, 5.74) is 4.84. The molecule has 0 saturated heterocycles. The molecule has 0 bridgehead atoms. The van der Waals surface area contributed by atoms with Gasteiger partial charge in [0, 0.05) is 24.5 Å². The number of pyridine rings is 1. The van der Waals surface area contributed by atoms with Crippen LogP contribution < -0.4 is 10.1 Å². The molecule has 0 aliphatic carbocycles. The molecule has 0 spiro atoms. The maximum absolute atomic E-state index is 12.4. The minimum atomic E-state index is -0.0409. The number of hydrogen-bond donors (Lipinski definition) is 1. The van der Waals surface area contributed by atoms with Gasteiger partial charge in [0.15, 0.2) is 0 Å². The Morgan fingerprint density at radius 1 is 1.12 bits per heavy atom. The van der Waals surface area contributed by atoms with Gasteiger partial charge in [-0.2, -0.15) is 0 Å². The molecule has 1 N–H and O–H groups in total. The number of allylic oxidation sites excluding steroid dienone is 3. The number of methoxy groups -OCH3 is 1. The van der Waals surface area contributed by atoms with Crippen LogP contribution in [0.1, 0.15) is 70.4 Å². The van der Waals surface area contributed by atoms with E-state index in [-0.39, 0.29) is 11.9 Å². The number of unbranched alkanes of at least 4 members (excludes halogenated alkanes) is 2. The molecule has 2 rings (SSSR count). The average molecular weight is 435 g/mol. The predicted molar refractivity (Wildman–Crippen MR) is 134 cm³/mol. The topological polar surface area (TPSA) is 51.2 Å². The second-order valence-electron chi connectivity index (χ2n) is 8.34. The van der Waals surface area contributed by atoms with Gasteiger partial charge in [-0.1, -0.05) is 44.0 Å². The van der Waals surface area contributed by atoms with Gasteiger partial charge in [-0.3, -0.25) is 9.78 Å². The third-order valence-corrected chi connectivity index (χ3v) is 5.64. The number of aromatic nitrogens is 1. The minimum absolute atomic E-state index is 0.0409. The predicted octanol–water partition coefficient (Wildman–Crippen LogP) is 6.53. The molecule has 1 aromatic heterocycles. The van der Waals surface area contributed by atoms with Gasteiger partial charge in [-0.05, 0) is 86.4 Å². The van der Waals surface area contributed by atoms with Crippen LogP contribution in [-0.2, 0) is 11.2 Å². The first-order chi connectivity index (χ1) is 15.5. The lowest BCUT2D eigenvalue weighted by molar-refractivity contribution is -0.117. The van der Waals surface area contributed by atoms with Crippen LogP contribution >= 0.6 is 0 Å². The summed E-state index contributed by atoms with van der Waals surface area (Å²) in [5.74, 6) is 0.813. The van der Waals surface area contributed by atoms with E-state index in [1.165, 1.54) is 29.5 Å². The van der Waals surface area contributed by atoms with Crippen molar-refractivity contribution in [3.63, 3.8) is 0 Å². The first-order valence-corrected chi connectivity index (χ1v) is 11.7. The van der Waals surface area contributed by atoms with E-state index in [1.54, 1.807) is 19.4 Å². The SMILES string of the molecule is CCCCCC(=C(C)C=CC(=O)N[C@H](C)CCCc1cccnc1)c1ccc(OC)cc1. The molecule has 172 valence electrons. The Hall–Kier alpha value is -2.88. The quantitative estimate of drug-likeness (QED) is 0.222. The monoisotopic (exact) mass is 434 g/mol. The molecule has 32 heavy (non-hydrogen) atoms. The Kier molecular flexibility index (Phi) is 11.3. The van der Waals surface area contributed by atoms with Crippen molar-refractivity contribution in [2.45, 2.75) is 71.8 Å². The fourth-order valence-electron chi connectivity index (χ4n) is 3.74. The number of amides is 1. The van der Waals surface area contributed by atoms with Crippen LogP contribution in [0.4, 0.5) is 0 Å². The van der Waals surface area contributed by atoms with Crippen LogP contribution in [0.25, 0.3) is 5.57 Å². The number of nitrogens with zero attached hydrogens (tertiary/aromatic N) is 1. The Morgan fingerprint density at radius 2 is 1.91 bits per heavy atom. The van der Waals surface area contributed by atoms with E-state index in [1.807, 2.05) is 30.5 Å². The largest absolute Gasteiger partial charge is 0.497 e. The van der Waals surface area contributed by atoms with Crippen LogP contribution in [0.3, 0.4) is 0 Å². The first-order valence-electron chi connectivity index (χ1n) is 11.7. The smallest absolute Gasteiger partial charge is 0.244 e. The van der Waals surface area contributed by atoms with Crippen LogP contribution in [0.15, 0.2) is 66.5 Å². The number of nitrogens with one attached hydrogen (secondary N) is 1. The second kappa shape index (κ2) is 14.2. The Bertz CT molecular complexity index is 870. The summed E-state index contributed by atoms with van der Waals surface area (Å²) < 4.78 is 5.29. The van der Waals surface area contributed by atoms with Gasteiger partial charge >= 0.3 is 0 Å². The van der Waals surface area contributed by atoms with Crippen molar-refractivity contribution in [2.75, 3.05) is 7.11 Å². The highest BCUT2D eigenvalue weighted by Crippen LogP contribution is 2.27. The normalized spacial score (nSPS) is 13.0. The molecule has 0 fully saturated rings. The molecule has 1 aromatic carbocycles. The van der Waals surface area contributed by atoms with Crippen molar-refractivity contribution in [1.29, 1.82) is 0 Å². The summed E-state index contributed by atoms with van der Waals surface area (Å²) in [6, 6.07) is 12.4. The van der Waals surface area contributed by atoms with Crippen molar-refractivity contribution >= 4 is 11.5 Å². The summed E-state index contributed by atoms with van der Waals surface area (Å²) in [4.78, 5) is 16.6. The van der Waals surface area contributed by atoms with E-state index >= 15 is 0 Å². The van der Waals surface area contributed by atoms with Crippen LogP contribution in [0.2, 0.25) is 0 Å². The van der Waals surface area contributed by atoms with Crippen LogP contribution in [-0.4, -0.2) is 24.0 Å². The van der Waals surface area contributed by atoms with Gasteiger partial charge in [0.1, 0.15) is 5.75 Å². The molecule has 4 heteroatoms. The Morgan fingerprint density at radius 3 is 2.56 bits per heavy atom.